The molecule has 0 aromatic heterocycles. The van der Waals surface area contributed by atoms with Crippen LogP contribution in [0.15, 0.2) is 42.5 Å². The molecule has 4 amide bonds. The molecule has 4 bridgehead atoms. The predicted molar refractivity (Wildman–Crippen MR) is 179 cm³/mol. The van der Waals surface area contributed by atoms with E-state index in [1.165, 1.54) is 0 Å². The highest BCUT2D eigenvalue weighted by Gasteiger charge is 2.31. The van der Waals surface area contributed by atoms with Gasteiger partial charge in [-0.05, 0) is 94.6 Å². The van der Waals surface area contributed by atoms with Gasteiger partial charge < -0.3 is 30.4 Å². The third-order valence-corrected chi connectivity index (χ3v) is 12.0. The third-order valence-electron chi connectivity index (χ3n) is 9.34. The second-order valence-electron chi connectivity index (χ2n) is 13.4. The Labute approximate surface area is 272 Å². The summed E-state index contributed by atoms with van der Waals surface area (Å²) in [5.41, 5.74) is 1.42. The van der Waals surface area contributed by atoms with Crippen molar-refractivity contribution in [2.75, 3.05) is 13.2 Å². The molecular formula is C35H48N4O6Si. The Hall–Kier alpha value is -3.70. The second-order valence-corrected chi connectivity index (χ2v) is 17.7. The number of nitrogens with one attached hydrogen (secondary N) is 4. The number of hydrogen-bond donors (Lipinski definition) is 4. The van der Waals surface area contributed by atoms with Crippen LogP contribution in [-0.2, 0) is 4.43 Å². The highest BCUT2D eigenvalue weighted by atomic mass is 28.4. The Morgan fingerprint density at radius 2 is 1.07 bits per heavy atom. The van der Waals surface area contributed by atoms with Crippen molar-refractivity contribution in [1.29, 1.82) is 0 Å². The predicted octanol–water partition coefficient (Wildman–Crippen LogP) is 4.95. The number of carbonyl (C=O) groups is 4. The normalized spacial score (nSPS) is 24.2. The standard InChI is InChI=1S/C35H48N4O6Si/c1-4-45-46(2,3)18-10-17-44-27-21-25-20-26(22-27)35(43)39-31-16-8-6-14-29(31)37-33(41)24-12-9-11-23(19-24)32(40)36-28-13-5-7-15-30(28)38-34(25)42/h9,11-12,19-22,28-31H,4-8,10,13-18H2,1-3H3,(H,36,40)(H,37,41)(H,38,42)(H,39,43)/t28-,29-,30-,31-/m1/s1. The molecule has 4 N–H and O–H groups in total. The van der Waals surface area contributed by atoms with Crippen LogP contribution in [0.4, 0.5) is 0 Å². The molecule has 10 nitrogen and oxygen atoms in total. The molecule has 3 aliphatic rings. The Balaban J connectivity index is 1.44. The molecule has 11 heteroatoms. The van der Waals surface area contributed by atoms with Crippen LogP contribution in [0.3, 0.4) is 0 Å². The van der Waals surface area contributed by atoms with Gasteiger partial charge in [-0.1, -0.05) is 31.7 Å². The van der Waals surface area contributed by atoms with Gasteiger partial charge in [-0.25, -0.2) is 0 Å². The summed E-state index contributed by atoms with van der Waals surface area (Å²) in [4.78, 5) is 54.2. The van der Waals surface area contributed by atoms with Gasteiger partial charge in [0.25, 0.3) is 23.6 Å². The SMILES string of the molecule is CCO[Si](C)(C)CCCOc1cc2cc(c1)C(=O)N[C@@H]1CCCC[C@H]1NC(=O)c1cccc(c1)C(=O)N[C@@H]1CCCC[C@H]1NC2=O. The summed E-state index contributed by atoms with van der Waals surface area (Å²) in [5, 5.41) is 12.5. The molecule has 1 aliphatic heterocycles. The average molecular weight is 649 g/mol. The Bertz CT molecular complexity index is 1350. The van der Waals surface area contributed by atoms with Gasteiger partial charge in [-0.3, -0.25) is 19.2 Å². The molecular weight excluding hydrogens is 600 g/mol. The first-order chi connectivity index (χ1) is 22.1. The summed E-state index contributed by atoms with van der Waals surface area (Å²) >= 11 is 0. The molecule has 5 rings (SSSR count). The summed E-state index contributed by atoms with van der Waals surface area (Å²) in [7, 11) is -1.77. The fourth-order valence-electron chi connectivity index (χ4n) is 6.86. The lowest BCUT2D eigenvalue weighted by Crippen LogP contribution is -2.53. The minimum atomic E-state index is -1.77. The zero-order valence-electron chi connectivity index (χ0n) is 27.3. The quantitative estimate of drug-likeness (QED) is 0.248. The third kappa shape index (κ3) is 8.76. The van der Waals surface area contributed by atoms with Crippen molar-refractivity contribution in [2.45, 2.75) is 108 Å². The van der Waals surface area contributed by atoms with Crippen molar-refractivity contribution >= 4 is 31.9 Å². The van der Waals surface area contributed by atoms with E-state index in [1.807, 2.05) is 6.92 Å². The van der Waals surface area contributed by atoms with Crippen LogP contribution in [-0.4, -0.2) is 69.3 Å². The zero-order chi connectivity index (χ0) is 32.7. The minimum absolute atomic E-state index is 0.273. The monoisotopic (exact) mass is 648 g/mol. The van der Waals surface area contributed by atoms with Gasteiger partial charge in [-0.2, -0.15) is 0 Å². The number of ether oxygens (including phenoxy) is 1. The van der Waals surface area contributed by atoms with E-state index in [9.17, 15) is 19.2 Å². The van der Waals surface area contributed by atoms with E-state index in [2.05, 4.69) is 34.4 Å². The molecule has 2 saturated carbocycles. The number of amides is 4. The molecule has 2 aromatic rings. The van der Waals surface area contributed by atoms with Crippen LogP contribution < -0.4 is 26.0 Å². The van der Waals surface area contributed by atoms with Crippen LogP contribution in [0.5, 0.6) is 5.75 Å². The topological polar surface area (TPSA) is 135 Å². The highest BCUT2D eigenvalue weighted by molar-refractivity contribution is 6.71. The van der Waals surface area contributed by atoms with E-state index < -0.39 is 8.32 Å². The molecule has 248 valence electrons. The number of rotatable bonds is 7. The molecule has 0 spiro atoms. The molecule has 4 atom stereocenters. The number of fused-ring (bicyclic) bond motifs is 6. The summed E-state index contributed by atoms with van der Waals surface area (Å²) in [5.74, 6) is -0.748. The van der Waals surface area contributed by atoms with E-state index in [0.717, 1.165) is 51.0 Å². The van der Waals surface area contributed by atoms with Gasteiger partial charge in [-0.15, -0.1) is 0 Å². The van der Waals surface area contributed by atoms with E-state index in [1.54, 1.807) is 42.5 Å². The fraction of sp³-hybridized carbons (Fsp3) is 0.543. The smallest absolute Gasteiger partial charge is 0.251 e. The van der Waals surface area contributed by atoms with E-state index >= 15 is 0 Å². The van der Waals surface area contributed by atoms with Gasteiger partial charge in [0.15, 0.2) is 8.32 Å². The van der Waals surface area contributed by atoms with Gasteiger partial charge in [0.05, 0.1) is 6.61 Å². The van der Waals surface area contributed by atoms with E-state index in [-0.39, 0.29) is 47.8 Å². The number of carbonyl (C=O) groups excluding carboxylic acids is 4. The van der Waals surface area contributed by atoms with Gasteiger partial charge in [0.2, 0.25) is 0 Å². The molecule has 1 heterocycles. The maximum atomic E-state index is 13.7. The molecule has 2 fully saturated rings. The largest absolute Gasteiger partial charge is 0.494 e. The van der Waals surface area contributed by atoms with Crippen molar-refractivity contribution in [3.05, 3.63) is 64.7 Å². The molecule has 0 radical (unpaired) electrons. The lowest BCUT2D eigenvalue weighted by atomic mass is 9.89. The lowest BCUT2D eigenvalue weighted by Gasteiger charge is -2.33. The van der Waals surface area contributed by atoms with Crippen molar-refractivity contribution in [1.82, 2.24) is 21.3 Å². The highest BCUT2D eigenvalue weighted by Crippen LogP contribution is 2.25. The molecule has 2 aromatic carbocycles. The summed E-state index contributed by atoms with van der Waals surface area (Å²) < 4.78 is 12.1. The van der Waals surface area contributed by atoms with Crippen LogP contribution >= 0.6 is 0 Å². The van der Waals surface area contributed by atoms with Gasteiger partial charge >= 0.3 is 0 Å². The summed E-state index contributed by atoms with van der Waals surface area (Å²) in [6.07, 6.45) is 7.37. The first-order valence-electron chi connectivity index (χ1n) is 16.9. The molecule has 2 aliphatic carbocycles. The maximum absolute atomic E-state index is 13.7. The first kappa shape index (κ1) is 33.7. The Morgan fingerprint density at radius 1 is 0.652 bits per heavy atom. The second kappa shape index (κ2) is 15.3. The lowest BCUT2D eigenvalue weighted by molar-refractivity contribution is 0.0854. The minimum Gasteiger partial charge on any atom is -0.494 e. The first-order valence-corrected chi connectivity index (χ1v) is 20.0. The van der Waals surface area contributed by atoms with Gasteiger partial charge in [0.1, 0.15) is 5.75 Å². The van der Waals surface area contributed by atoms with Gasteiger partial charge in [0, 0.05) is 53.0 Å². The average Bonchev–Trinajstić information content (AvgIpc) is 3.04. The van der Waals surface area contributed by atoms with Crippen LogP contribution in [0.25, 0.3) is 0 Å². The summed E-state index contributed by atoms with van der Waals surface area (Å²) in [6.45, 7) is 7.51. The van der Waals surface area contributed by atoms with Crippen LogP contribution in [0.1, 0.15) is 106 Å². The van der Waals surface area contributed by atoms with Crippen LogP contribution in [0, 0.1) is 0 Å². The van der Waals surface area contributed by atoms with E-state index in [4.69, 9.17) is 9.16 Å². The number of benzene rings is 2. The van der Waals surface area contributed by atoms with Crippen molar-refractivity contribution in [3.8, 4) is 5.75 Å². The van der Waals surface area contributed by atoms with Crippen molar-refractivity contribution < 1.29 is 28.3 Å². The molecule has 0 saturated heterocycles. The van der Waals surface area contributed by atoms with E-state index in [0.29, 0.717) is 54.1 Å². The number of hydrogen-bond acceptors (Lipinski definition) is 6. The Kier molecular flexibility index (Phi) is 11.2. The van der Waals surface area contributed by atoms with Crippen molar-refractivity contribution in [3.63, 3.8) is 0 Å². The molecule has 46 heavy (non-hydrogen) atoms. The van der Waals surface area contributed by atoms with Crippen molar-refractivity contribution in [2.24, 2.45) is 0 Å². The maximum Gasteiger partial charge on any atom is 0.251 e. The Morgan fingerprint density at radius 3 is 1.50 bits per heavy atom. The fourth-order valence-corrected chi connectivity index (χ4v) is 8.78. The summed E-state index contributed by atoms with van der Waals surface area (Å²) in [6, 6.07) is 11.5. The zero-order valence-corrected chi connectivity index (χ0v) is 28.3. The molecule has 0 unspecified atom stereocenters. The van der Waals surface area contributed by atoms with Crippen LogP contribution in [0.2, 0.25) is 19.1 Å².